The van der Waals surface area contributed by atoms with Crippen LogP contribution < -0.4 is 24.3 Å². The van der Waals surface area contributed by atoms with Crippen molar-refractivity contribution in [3.63, 3.8) is 0 Å². The smallest absolute Gasteiger partial charge is 0.337 e. The lowest BCUT2D eigenvalue weighted by Crippen LogP contribution is -2.43. The summed E-state index contributed by atoms with van der Waals surface area (Å²) in [5.74, 6) is -2.18. The molecule has 0 saturated carbocycles. The lowest BCUT2D eigenvalue weighted by molar-refractivity contribution is 0.0698. The molecule has 0 spiro atoms. The molecular weight excluding hydrogens is 873 g/mol. The summed E-state index contributed by atoms with van der Waals surface area (Å²) in [7, 11) is 7.63. The predicted octanol–water partition coefficient (Wildman–Crippen LogP) is 8.31. The number of pyridine rings is 1. The number of halogens is 4. The van der Waals surface area contributed by atoms with Crippen LogP contribution in [0.1, 0.15) is 26.3 Å². The van der Waals surface area contributed by atoms with E-state index in [0.717, 1.165) is 38.3 Å². The number of methoxy groups -OCH3 is 4. The number of aromatic carboxylic acids is 1. The Bertz CT molecular complexity index is 2830. The predicted molar refractivity (Wildman–Crippen MR) is 238 cm³/mol. The van der Waals surface area contributed by atoms with Crippen LogP contribution >= 0.6 is 23.2 Å². The Morgan fingerprint density at radius 2 is 1.12 bits per heavy atom. The average molecular weight is 914 g/mol. The molecule has 1 fully saturated rings. The quantitative estimate of drug-likeness (QED) is 0.127. The lowest BCUT2D eigenvalue weighted by atomic mass is 9.99. The van der Waals surface area contributed by atoms with Gasteiger partial charge in [-0.3, -0.25) is 29.6 Å². The van der Waals surface area contributed by atoms with E-state index in [1.807, 2.05) is 6.07 Å². The number of anilines is 1. The van der Waals surface area contributed by atoms with Gasteiger partial charge in [0.05, 0.1) is 60.6 Å². The molecule has 1 amide bonds. The van der Waals surface area contributed by atoms with Gasteiger partial charge in [0.15, 0.2) is 23.1 Å². The lowest BCUT2D eigenvalue weighted by Gasteiger charge is -2.32. The number of nitrogens with one attached hydrogen (secondary N) is 1. The minimum absolute atomic E-state index is 0.000283. The molecule has 4 heterocycles. The zero-order chi connectivity index (χ0) is 45.7. The number of carboxylic acid groups (broad SMARTS) is 1. The molecule has 1 aliphatic rings. The number of hydrogen-bond donors (Lipinski definition) is 2. The summed E-state index contributed by atoms with van der Waals surface area (Å²) in [6.45, 7) is 4.92. The average Bonchev–Trinajstić information content (AvgIpc) is 3.30. The van der Waals surface area contributed by atoms with E-state index in [2.05, 4.69) is 47.1 Å². The Morgan fingerprint density at radius 3 is 1.58 bits per heavy atom. The minimum Gasteiger partial charge on any atom is -0.495 e. The van der Waals surface area contributed by atoms with Crippen LogP contribution in [0.15, 0.2) is 79.5 Å². The summed E-state index contributed by atoms with van der Waals surface area (Å²) in [5.41, 5.74) is 2.90. The molecule has 1 aliphatic heterocycles. The zero-order valence-corrected chi connectivity index (χ0v) is 36.6. The maximum atomic E-state index is 15.4. The van der Waals surface area contributed by atoms with Crippen molar-refractivity contribution in [3.05, 3.63) is 118 Å². The van der Waals surface area contributed by atoms with Gasteiger partial charge in [0.1, 0.15) is 28.4 Å². The van der Waals surface area contributed by atoms with Crippen molar-refractivity contribution in [2.24, 2.45) is 0 Å². The van der Waals surface area contributed by atoms with E-state index >= 15 is 4.39 Å². The van der Waals surface area contributed by atoms with Crippen molar-refractivity contribution in [2.75, 3.05) is 67.0 Å². The first kappa shape index (κ1) is 45.2. The third-order valence-corrected chi connectivity index (χ3v) is 11.2. The van der Waals surface area contributed by atoms with Crippen molar-refractivity contribution in [1.29, 1.82) is 0 Å². The highest BCUT2D eigenvalue weighted by atomic mass is 35.5. The van der Waals surface area contributed by atoms with Crippen LogP contribution in [0.2, 0.25) is 10.0 Å². The summed E-state index contributed by atoms with van der Waals surface area (Å²) in [6, 6.07) is 12.4. The molecule has 64 heavy (non-hydrogen) atoms. The summed E-state index contributed by atoms with van der Waals surface area (Å²) in [5, 5.41) is 12.2. The molecule has 0 unspecified atom stereocenters. The normalized spacial score (nSPS) is 13.0. The molecule has 2 N–H and O–H groups in total. The first-order valence-electron chi connectivity index (χ1n) is 19.5. The first-order chi connectivity index (χ1) is 30.9. The van der Waals surface area contributed by atoms with Crippen molar-refractivity contribution in [2.45, 2.75) is 6.54 Å². The fourth-order valence-electron chi connectivity index (χ4n) is 7.16. The number of piperazine rings is 1. The number of ether oxygens (including phenoxy) is 4. The second-order valence-corrected chi connectivity index (χ2v) is 15.0. The number of nitrogens with zero attached hydrogens (tertiary/aromatic N) is 7. The Hall–Kier alpha value is -6.79. The SMILES string of the molecule is COc1cc(OC)c(Cl)c(-c2ccc(C(=O)Nc3ccc(CN4CCN(C)CC4)cn3)c3nccnc23)c1F.COc1cc(OC)c(Cl)c(-c2ccc(C(=O)O)c3nccnc23)c1F. The van der Waals surface area contributed by atoms with Gasteiger partial charge in [-0.25, -0.2) is 18.6 Å². The van der Waals surface area contributed by atoms with Gasteiger partial charge in [-0.2, -0.15) is 0 Å². The molecule has 15 nitrogen and oxygen atoms in total. The summed E-state index contributed by atoms with van der Waals surface area (Å²) in [4.78, 5) is 50.8. The highest BCUT2D eigenvalue weighted by molar-refractivity contribution is 6.36. The number of aromatic nitrogens is 5. The van der Waals surface area contributed by atoms with Gasteiger partial charge in [0, 0.05) is 98.1 Å². The van der Waals surface area contributed by atoms with Gasteiger partial charge in [-0.15, -0.1) is 0 Å². The zero-order valence-electron chi connectivity index (χ0n) is 35.1. The maximum Gasteiger partial charge on any atom is 0.337 e. The number of fused-ring (bicyclic) bond motifs is 2. The Labute approximate surface area is 375 Å². The number of carbonyl (C=O) groups excluding carboxylic acids is 1. The first-order valence-corrected chi connectivity index (χ1v) is 20.2. The number of amides is 1. The largest absolute Gasteiger partial charge is 0.495 e. The van der Waals surface area contributed by atoms with Gasteiger partial charge >= 0.3 is 5.97 Å². The van der Waals surface area contributed by atoms with Crippen molar-refractivity contribution < 1.29 is 42.4 Å². The van der Waals surface area contributed by atoms with E-state index < -0.39 is 23.5 Å². The molecular formula is C45H40Cl2F2N8O7. The maximum absolute atomic E-state index is 15.4. The number of rotatable bonds is 11. The van der Waals surface area contributed by atoms with Gasteiger partial charge in [-0.1, -0.05) is 41.4 Å². The highest BCUT2D eigenvalue weighted by Gasteiger charge is 2.26. The molecule has 1 saturated heterocycles. The van der Waals surface area contributed by atoms with Crippen LogP contribution in [0.5, 0.6) is 23.0 Å². The van der Waals surface area contributed by atoms with Crippen LogP contribution in [0.3, 0.4) is 0 Å². The summed E-state index contributed by atoms with van der Waals surface area (Å²) in [6.07, 6.45) is 7.47. The van der Waals surface area contributed by atoms with Gasteiger partial charge in [0.2, 0.25) is 0 Å². The molecule has 3 aromatic heterocycles. The number of carboxylic acids is 1. The van der Waals surface area contributed by atoms with E-state index in [0.29, 0.717) is 16.9 Å². The standard InChI is InChI=1S/C28H28ClFN6O3.C17H12ClFN2O4/c1-35-10-12-36(13-11-35)16-17-4-7-22(33-15-17)34-28(37)19-6-5-18(26-27(19)32-9-8-31-26)23-24(29)20(38-2)14-21(39-3)25(23)30;1-24-10-7-11(25-2)14(19)12(13(10)18)8-3-4-9(17(22)23)16-15(8)20-5-6-21-16/h4-9,14-15H,10-13,16H2,1-3H3,(H,33,34,37);3-7H,1-2H3,(H,22,23). The number of likely N-dealkylation sites (N-methyl/N-ethyl adjacent to an activating group) is 1. The Kier molecular flexibility index (Phi) is 13.9. The molecule has 0 radical (unpaired) electrons. The van der Waals surface area contributed by atoms with E-state index in [9.17, 15) is 19.1 Å². The third kappa shape index (κ3) is 9.14. The van der Waals surface area contributed by atoms with Crippen LogP contribution in [-0.2, 0) is 6.54 Å². The van der Waals surface area contributed by atoms with Crippen LogP contribution in [0.4, 0.5) is 14.6 Å². The van der Waals surface area contributed by atoms with Gasteiger partial charge in [-0.05, 0) is 30.8 Å². The summed E-state index contributed by atoms with van der Waals surface area (Å²) < 4.78 is 51.0. The molecule has 0 aliphatic carbocycles. The number of carbonyl (C=O) groups is 2. The molecule has 330 valence electrons. The van der Waals surface area contributed by atoms with Crippen molar-refractivity contribution >= 4 is 63.0 Å². The second-order valence-electron chi connectivity index (χ2n) is 14.3. The van der Waals surface area contributed by atoms with Gasteiger partial charge in [0.25, 0.3) is 5.91 Å². The second kappa shape index (κ2) is 19.7. The molecule has 8 rings (SSSR count). The summed E-state index contributed by atoms with van der Waals surface area (Å²) >= 11 is 12.8. The molecule has 0 atom stereocenters. The van der Waals surface area contributed by atoms with E-state index in [-0.39, 0.29) is 77.4 Å². The minimum atomic E-state index is -1.16. The van der Waals surface area contributed by atoms with Gasteiger partial charge < -0.3 is 34.3 Å². The molecule has 19 heteroatoms. The number of hydrogen-bond acceptors (Lipinski definition) is 13. The molecule has 0 bridgehead atoms. The fraction of sp³-hybridized carbons (Fsp3) is 0.222. The third-order valence-electron chi connectivity index (χ3n) is 10.5. The highest BCUT2D eigenvalue weighted by Crippen LogP contribution is 2.45. The Morgan fingerprint density at radius 1 is 0.656 bits per heavy atom. The van der Waals surface area contributed by atoms with E-state index in [4.69, 9.17) is 42.1 Å². The van der Waals surface area contributed by atoms with E-state index in [1.165, 1.54) is 77.5 Å². The monoisotopic (exact) mass is 912 g/mol. The topological polar surface area (TPSA) is 174 Å². The molecule has 4 aromatic carbocycles. The van der Waals surface area contributed by atoms with Crippen LogP contribution in [0.25, 0.3) is 44.3 Å². The fourth-order valence-corrected chi connectivity index (χ4v) is 7.79. The van der Waals surface area contributed by atoms with Crippen molar-refractivity contribution in [3.8, 4) is 45.3 Å². The van der Waals surface area contributed by atoms with Crippen LogP contribution in [0, 0.1) is 11.6 Å². The number of benzene rings is 4. The van der Waals surface area contributed by atoms with E-state index in [1.54, 1.807) is 24.4 Å². The Balaban J connectivity index is 0.000000211. The van der Waals surface area contributed by atoms with Crippen molar-refractivity contribution in [1.82, 2.24) is 34.7 Å². The molecule has 7 aromatic rings. The van der Waals surface area contributed by atoms with Crippen LogP contribution in [-0.4, -0.2) is 113 Å².